The molecular formula is C20H21N3O3. The number of rotatable bonds is 9. The number of anilines is 1. The van der Waals surface area contributed by atoms with E-state index < -0.39 is 0 Å². The summed E-state index contributed by atoms with van der Waals surface area (Å²) in [7, 11) is 0. The Labute approximate surface area is 152 Å². The Hall–Kier alpha value is -3.33. The molecule has 0 spiro atoms. The van der Waals surface area contributed by atoms with Gasteiger partial charge in [-0.05, 0) is 36.2 Å². The van der Waals surface area contributed by atoms with Crippen molar-refractivity contribution in [1.29, 1.82) is 5.26 Å². The van der Waals surface area contributed by atoms with E-state index in [1.54, 1.807) is 24.3 Å². The Kier molecular flexibility index (Phi) is 7.69. The molecule has 2 aromatic carbocycles. The topological polar surface area (TPSA) is 91.2 Å². The molecule has 134 valence electrons. The van der Waals surface area contributed by atoms with Gasteiger partial charge in [0.25, 0.3) is 0 Å². The smallest absolute Gasteiger partial charge is 0.238 e. The quantitative estimate of drug-likeness (QED) is 0.679. The summed E-state index contributed by atoms with van der Waals surface area (Å²) in [5.74, 6) is 0.385. The highest BCUT2D eigenvalue weighted by molar-refractivity contribution is 5.92. The van der Waals surface area contributed by atoms with Gasteiger partial charge in [-0.1, -0.05) is 30.3 Å². The van der Waals surface area contributed by atoms with Crippen LogP contribution in [-0.2, 0) is 16.1 Å². The van der Waals surface area contributed by atoms with Crippen molar-refractivity contribution in [2.75, 3.05) is 11.9 Å². The van der Waals surface area contributed by atoms with Crippen molar-refractivity contribution in [1.82, 2.24) is 5.32 Å². The Morgan fingerprint density at radius 1 is 1.04 bits per heavy atom. The molecule has 0 aliphatic carbocycles. The maximum Gasteiger partial charge on any atom is 0.238 e. The van der Waals surface area contributed by atoms with Crippen LogP contribution in [0.2, 0.25) is 0 Å². The number of nitrogens with one attached hydrogen (secondary N) is 2. The first-order chi connectivity index (χ1) is 12.7. The summed E-state index contributed by atoms with van der Waals surface area (Å²) >= 11 is 0. The molecule has 0 fully saturated rings. The maximum atomic E-state index is 11.9. The molecule has 0 bridgehead atoms. The number of carbonyl (C=O) groups excluding carboxylic acids is 2. The average molecular weight is 351 g/mol. The second-order valence-corrected chi connectivity index (χ2v) is 5.63. The highest BCUT2D eigenvalue weighted by Gasteiger charge is 2.04. The minimum atomic E-state index is -0.355. The zero-order valence-electron chi connectivity index (χ0n) is 14.4. The first kappa shape index (κ1) is 19.0. The lowest BCUT2D eigenvalue weighted by atomic mass is 10.2. The number of nitriles is 1. The van der Waals surface area contributed by atoms with Crippen LogP contribution in [0.1, 0.15) is 24.8 Å². The van der Waals surface area contributed by atoms with Crippen molar-refractivity contribution in [2.45, 2.75) is 25.8 Å². The molecule has 0 atom stereocenters. The number of hydrogen-bond donors (Lipinski definition) is 2. The van der Waals surface area contributed by atoms with Crippen molar-refractivity contribution in [3.05, 3.63) is 60.2 Å². The van der Waals surface area contributed by atoms with Gasteiger partial charge in [0, 0.05) is 18.7 Å². The number of carbonyl (C=O) groups is 2. The van der Waals surface area contributed by atoms with E-state index in [1.807, 2.05) is 36.4 Å². The van der Waals surface area contributed by atoms with Crippen LogP contribution in [0.5, 0.6) is 5.75 Å². The predicted octanol–water partition coefficient (Wildman–Crippen LogP) is 3.01. The summed E-state index contributed by atoms with van der Waals surface area (Å²) in [4.78, 5) is 23.3. The van der Waals surface area contributed by atoms with Crippen molar-refractivity contribution in [2.24, 2.45) is 0 Å². The highest BCUT2D eigenvalue weighted by atomic mass is 16.5. The molecule has 0 saturated carbocycles. The van der Waals surface area contributed by atoms with Gasteiger partial charge in [-0.25, -0.2) is 0 Å². The molecule has 6 heteroatoms. The fraction of sp³-hybridized carbons (Fsp3) is 0.250. The molecule has 2 N–H and O–H groups in total. The lowest BCUT2D eigenvalue weighted by molar-refractivity contribution is -0.121. The number of nitrogens with zero attached hydrogens (tertiary/aromatic N) is 1. The summed E-state index contributed by atoms with van der Waals surface area (Å²) < 4.78 is 5.55. The van der Waals surface area contributed by atoms with Gasteiger partial charge in [0.1, 0.15) is 12.2 Å². The van der Waals surface area contributed by atoms with Gasteiger partial charge in [0.15, 0.2) is 0 Å². The molecular weight excluding hydrogens is 330 g/mol. The molecule has 0 radical (unpaired) electrons. The van der Waals surface area contributed by atoms with Crippen molar-refractivity contribution < 1.29 is 14.3 Å². The van der Waals surface area contributed by atoms with Crippen molar-refractivity contribution >= 4 is 17.5 Å². The number of ether oxygens (including phenoxy) is 1. The number of para-hydroxylation sites is 1. The van der Waals surface area contributed by atoms with Crippen molar-refractivity contribution in [3.63, 3.8) is 0 Å². The Balaban J connectivity index is 1.68. The molecule has 0 saturated heterocycles. The van der Waals surface area contributed by atoms with E-state index >= 15 is 0 Å². The zero-order chi connectivity index (χ0) is 18.6. The summed E-state index contributed by atoms with van der Waals surface area (Å²) in [6, 6.07) is 18.4. The molecule has 0 heterocycles. The van der Waals surface area contributed by atoms with Crippen LogP contribution in [0.15, 0.2) is 54.6 Å². The second-order valence-electron chi connectivity index (χ2n) is 5.63. The van der Waals surface area contributed by atoms with E-state index in [2.05, 4.69) is 10.6 Å². The third kappa shape index (κ3) is 7.05. The highest BCUT2D eigenvalue weighted by Crippen LogP contribution is 2.11. The molecule has 2 rings (SSSR count). The van der Waals surface area contributed by atoms with Gasteiger partial charge < -0.3 is 15.4 Å². The van der Waals surface area contributed by atoms with Crippen LogP contribution < -0.4 is 15.4 Å². The molecule has 0 aliphatic heterocycles. The Morgan fingerprint density at radius 3 is 2.62 bits per heavy atom. The lowest BCUT2D eigenvalue weighted by Crippen LogP contribution is -2.23. The van der Waals surface area contributed by atoms with Crippen LogP contribution in [0.3, 0.4) is 0 Å². The fourth-order valence-corrected chi connectivity index (χ4v) is 2.26. The summed E-state index contributed by atoms with van der Waals surface area (Å²) in [5, 5.41) is 14.0. The van der Waals surface area contributed by atoms with Gasteiger partial charge >= 0.3 is 0 Å². The normalized spacial score (nSPS) is 9.81. The Bertz CT molecular complexity index is 769. The summed E-state index contributed by atoms with van der Waals surface area (Å²) in [6.07, 6.45) is 0.822. The van der Waals surface area contributed by atoms with E-state index in [0.29, 0.717) is 31.7 Å². The van der Waals surface area contributed by atoms with Crippen LogP contribution in [0.25, 0.3) is 0 Å². The second kappa shape index (κ2) is 10.5. The largest absolute Gasteiger partial charge is 0.494 e. The van der Waals surface area contributed by atoms with E-state index in [1.165, 1.54) is 0 Å². The first-order valence-electron chi connectivity index (χ1n) is 8.37. The van der Waals surface area contributed by atoms with E-state index in [4.69, 9.17) is 10.00 Å². The van der Waals surface area contributed by atoms with Crippen LogP contribution >= 0.6 is 0 Å². The number of benzene rings is 2. The SMILES string of the molecule is N#CCC(=O)Nc1cccc(CNC(=O)CCCOc2ccccc2)c1. The monoisotopic (exact) mass is 351 g/mol. The van der Waals surface area contributed by atoms with Gasteiger partial charge in [0.2, 0.25) is 11.8 Å². The fourth-order valence-electron chi connectivity index (χ4n) is 2.26. The van der Waals surface area contributed by atoms with Crippen molar-refractivity contribution in [3.8, 4) is 11.8 Å². The third-order valence-electron chi connectivity index (χ3n) is 3.50. The van der Waals surface area contributed by atoms with Gasteiger partial charge in [-0.15, -0.1) is 0 Å². The van der Waals surface area contributed by atoms with E-state index in [9.17, 15) is 9.59 Å². The van der Waals surface area contributed by atoms with Crippen LogP contribution in [0, 0.1) is 11.3 Å². The van der Waals surface area contributed by atoms with Crippen LogP contribution in [0.4, 0.5) is 5.69 Å². The molecule has 0 unspecified atom stereocenters. The molecule has 6 nitrogen and oxygen atoms in total. The van der Waals surface area contributed by atoms with Crippen LogP contribution in [-0.4, -0.2) is 18.4 Å². The minimum Gasteiger partial charge on any atom is -0.494 e. The van der Waals surface area contributed by atoms with Gasteiger partial charge in [-0.2, -0.15) is 5.26 Å². The summed E-state index contributed by atoms with van der Waals surface area (Å²) in [5.41, 5.74) is 1.47. The lowest BCUT2D eigenvalue weighted by Gasteiger charge is -2.09. The zero-order valence-corrected chi connectivity index (χ0v) is 14.4. The first-order valence-corrected chi connectivity index (χ1v) is 8.37. The molecule has 0 aliphatic rings. The molecule has 0 aromatic heterocycles. The molecule has 2 aromatic rings. The number of amides is 2. The Morgan fingerprint density at radius 2 is 1.85 bits per heavy atom. The van der Waals surface area contributed by atoms with E-state index in [-0.39, 0.29) is 18.2 Å². The number of hydrogen-bond acceptors (Lipinski definition) is 4. The molecule has 26 heavy (non-hydrogen) atoms. The summed E-state index contributed by atoms with van der Waals surface area (Å²) in [6.45, 7) is 0.859. The predicted molar refractivity (Wildman–Crippen MR) is 98.3 cm³/mol. The third-order valence-corrected chi connectivity index (χ3v) is 3.50. The van der Waals surface area contributed by atoms with Gasteiger partial charge in [0.05, 0.1) is 12.7 Å². The van der Waals surface area contributed by atoms with E-state index in [0.717, 1.165) is 11.3 Å². The average Bonchev–Trinajstić information content (AvgIpc) is 2.65. The minimum absolute atomic E-state index is 0.0550. The maximum absolute atomic E-state index is 11.9. The van der Waals surface area contributed by atoms with Gasteiger partial charge in [-0.3, -0.25) is 9.59 Å². The molecule has 2 amide bonds. The standard InChI is InChI=1S/C20H21N3O3/c21-12-11-20(25)23-17-7-4-6-16(14-17)15-22-19(24)10-5-13-26-18-8-2-1-3-9-18/h1-4,6-9,14H,5,10-11,13,15H2,(H,22,24)(H,23,25).